The lowest BCUT2D eigenvalue weighted by atomic mass is 10.2. The number of hydrogen-bond donors (Lipinski definition) is 0. The van der Waals surface area contributed by atoms with Crippen LogP contribution < -0.4 is 0 Å². The first-order valence-corrected chi connectivity index (χ1v) is 4.01. The molecule has 1 aromatic rings. The molecule has 0 atom stereocenters. The van der Waals surface area contributed by atoms with Crippen LogP contribution in [-0.2, 0) is 0 Å². The summed E-state index contributed by atoms with van der Waals surface area (Å²) in [6.07, 6.45) is 0. The molecule has 0 aromatic carbocycles. The molecule has 0 radical (unpaired) electrons. The van der Waals surface area contributed by atoms with E-state index in [-0.39, 0.29) is 0 Å². The van der Waals surface area contributed by atoms with Crippen molar-refractivity contribution in [2.75, 3.05) is 0 Å². The van der Waals surface area contributed by atoms with Crippen molar-refractivity contribution in [3.05, 3.63) is 27.5 Å². The van der Waals surface area contributed by atoms with E-state index in [4.69, 9.17) is 0 Å². The molecular weight excluding hydrogens is 190 g/mol. The van der Waals surface area contributed by atoms with Gasteiger partial charge in [-0.05, 0) is 53.9 Å². The number of hydrogen-bond acceptors (Lipinski definition) is 1. The van der Waals surface area contributed by atoms with Crippen LogP contribution in [0, 0.1) is 20.8 Å². The van der Waals surface area contributed by atoms with Gasteiger partial charge in [-0.15, -0.1) is 0 Å². The quantitative estimate of drug-likeness (QED) is 0.586. The van der Waals surface area contributed by atoms with Gasteiger partial charge < -0.3 is 0 Å². The fraction of sp³-hybridized carbons (Fsp3) is 0.375. The molecule has 0 spiro atoms. The van der Waals surface area contributed by atoms with E-state index in [1.165, 1.54) is 11.1 Å². The second-order valence-electron chi connectivity index (χ2n) is 2.50. The summed E-state index contributed by atoms with van der Waals surface area (Å²) in [5, 5.41) is 0. The van der Waals surface area contributed by atoms with Crippen LogP contribution in [0.3, 0.4) is 0 Å². The minimum atomic E-state index is 0.963. The molecule has 0 fully saturated rings. The van der Waals surface area contributed by atoms with Gasteiger partial charge in [0.15, 0.2) is 0 Å². The first-order valence-electron chi connectivity index (χ1n) is 3.21. The van der Waals surface area contributed by atoms with Gasteiger partial charge >= 0.3 is 0 Å². The Kier molecular flexibility index (Phi) is 2.09. The number of nitrogens with zero attached hydrogens (tertiary/aromatic N) is 1. The van der Waals surface area contributed by atoms with E-state index in [9.17, 15) is 0 Å². The highest BCUT2D eigenvalue weighted by atomic mass is 79.9. The lowest BCUT2D eigenvalue weighted by molar-refractivity contribution is 1.10. The SMILES string of the molecule is Cc1cc(C)c(C)c(Br)n1. The van der Waals surface area contributed by atoms with Crippen molar-refractivity contribution in [2.24, 2.45) is 0 Å². The third kappa shape index (κ3) is 1.37. The predicted molar refractivity (Wildman–Crippen MR) is 46.1 cm³/mol. The van der Waals surface area contributed by atoms with Crippen molar-refractivity contribution in [1.29, 1.82) is 0 Å². The molecule has 0 aliphatic rings. The molecule has 54 valence electrons. The molecule has 0 saturated heterocycles. The predicted octanol–water partition coefficient (Wildman–Crippen LogP) is 2.77. The molecule has 0 unspecified atom stereocenters. The van der Waals surface area contributed by atoms with E-state index in [0.29, 0.717) is 0 Å². The van der Waals surface area contributed by atoms with Crippen molar-refractivity contribution in [2.45, 2.75) is 20.8 Å². The molecule has 10 heavy (non-hydrogen) atoms. The van der Waals surface area contributed by atoms with Gasteiger partial charge in [-0.2, -0.15) is 0 Å². The number of aryl methyl sites for hydroxylation is 2. The molecule has 1 rings (SSSR count). The summed E-state index contributed by atoms with van der Waals surface area (Å²) < 4.78 is 0.963. The van der Waals surface area contributed by atoms with Crippen LogP contribution in [0.1, 0.15) is 16.8 Å². The van der Waals surface area contributed by atoms with Gasteiger partial charge in [-0.3, -0.25) is 0 Å². The number of rotatable bonds is 0. The smallest absolute Gasteiger partial charge is 0.109 e. The van der Waals surface area contributed by atoms with E-state index < -0.39 is 0 Å². The van der Waals surface area contributed by atoms with E-state index in [1.54, 1.807) is 0 Å². The number of aromatic nitrogens is 1. The van der Waals surface area contributed by atoms with Gasteiger partial charge in [0.05, 0.1) is 0 Å². The van der Waals surface area contributed by atoms with Crippen LogP contribution in [0.2, 0.25) is 0 Å². The zero-order valence-electron chi connectivity index (χ0n) is 6.40. The van der Waals surface area contributed by atoms with Crippen LogP contribution in [0.4, 0.5) is 0 Å². The van der Waals surface area contributed by atoms with Crippen LogP contribution in [0.25, 0.3) is 0 Å². The zero-order valence-corrected chi connectivity index (χ0v) is 7.99. The summed E-state index contributed by atoms with van der Waals surface area (Å²) in [5.41, 5.74) is 3.58. The Labute approximate surface area is 69.6 Å². The Balaban J connectivity index is 3.31. The lowest BCUT2D eigenvalue weighted by Gasteiger charge is -2.02. The first-order chi connectivity index (χ1) is 4.61. The van der Waals surface area contributed by atoms with Crippen molar-refractivity contribution >= 4 is 15.9 Å². The molecule has 0 amide bonds. The Bertz CT molecular complexity index is 232. The number of halogens is 1. The second kappa shape index (κ2) is 2.70. The molecule has 0 bridgehead atoms. The van der Waals surface area contributed by atoms with Crippen molar-refractivity contribution < 1.29 is 0 Å². The molecule has 1 nitrogen and oxygen atoms in total. The summed E-state index contributed by atoms with van der Waals surface area (Å²) in [6, 6.07) is 2.08. The van der Waals surface area contributed by atoms with Crippen molar-refractivity contribution in [3.63, 3.8) is 0 Å². The maximum Gasteiger partial charge on any atom is 0.109 e. The third-order valence-corrected chi connectivity index (χ3v) is 2.37. The molecular formula is C8H10BrN. The van der Waals surface area contributed by atoms with Gasteiger partial charge in [0, 0.05) is 5.69 Å². The molecule has 1 heterocycles. The maximum absolute atomic E-state index is 4.25. The van der Waals surface area contributed by atoms with E-state index in [2.05, 4.69) is 40.8 Å². The van der Waals surface area contributed by atoms with Gasteiger partial charge in [-0.1, -0.05) is 0 Å². The minimum absolute atomic E-state index is 0.963. The third-order valence-electron chi connectivity index (χ3n) is 1.60. The second-order valence-corrected chi connectivity index (χ2v) is 3.25. The van der Waals surface area contributed by atoms with Crippen LogP contribution in [-0.4, -0.2) is 4.98 Å². The summed E-state index contributed by atoms with van der Waals surface area (Å²) in [5.74, 6) is 0. The van der Waals surface area contributed by atoms with E-state index in [1.807, 2.05) is 6.92 Å². The molecule has 1 aromatic heterocycles. The Morgan fingerprint density at radius 1 is 1.30 bits per heavy atom. The van der Waals surface area contributed by atoms with Crippen LogP contribution in [0.15, 0.2) is 10.7 Å². The largest absolute Gasteiger partial charge is 0.246 e. The lowest BCUT2D eigenvalue weighted by Crippen LogP contribution is -1.89. The summed E-state index contributed by atoms with van der Waals surface area (Å²) in [6.45, 7) is 6.15. The number of pyridine rings is 1. The highest BCUT2D eigenvalue weighted by Crippen LogP contribution is 2.17. The van der Waals surface area contributed by atoms with E-state index in [0.717, 1.165) is 10.3 Å². The molecule has 0 N–H and O–H groups in total. The normalized spacial score (nSPS) is 10.0. The van der Waals surface area contributed by atoms with Crippen molar-refractivity contribution in [3.8, 4) is 0 Å². The first kappa shape index (κ1) is 7.73. The topological polar surface area (TPSA) is 12.9 Å². The molecule has 2 heteroatoms. The average molecular weight is 200 g/mol. The Morgan fingerprint density at radius 3 is 2.40 bits per heavy atom. The van der Waals surface area contributed by atoms with Gasteiger partial charge in [0.25, 0.3) is 0 Å². The Hall–Kier alpha value is -0.370. The fourth-order valence-corrected chi connectivity index (χ4v) is 1.45. The van der Waals surface area contributed by atoms with Crippen LogP contribution in [0.5, 0.6) is 0 Å². The molecule has 0 saturated carbocycles. The average Bonchev–Trinajstić information content (AvgIpc) is 1.82. The van der Waals surface area contributed by atoms with Gasteiger partial charge in [0.1, 0.15) is 4.60 Å². The molecule has 0 aliphatic carbocycles. The summed E-state index contributed by atoms with van der Waals surface area (Å²) >= 11 is 3.39. The zero-order chi connectivity index (χ0) is 7.72. The highest BCUT2D eigenvalue weighted by molar-refractivity contribution is 9.10. The van der Waals surface area contributed by atoms with E-state index >= 15 is 0 Å². The van der Waals surface area contributed by atoms with Crippen molar-refractivity contribution in [1.82, 2.24) is 4.98 Å². The maximum atomic E-state index is 4.25. The monoisotopic (exact) mass is 199 g/mol. The molecule has 0 aliphatic heterocycles. The van der Waals surface area contributed by atoms with Gasteiger partial charge in [-0.25, -0.2) is 4.98 Å². The highest BCUT2D eigenvalue weighted by Gasteiger charge is 1.99. The Morgan fingerprint density at radius 2 is 1.90 bits per heavy atom. The van der Waals surface area contributed by atoms with Gasteiger partial charge in [0.2, 0.25) is 0 Å². The van der Waals surface area contributed by atoms with Crippen LogP contribution >= 0.6 is 15.9 Å². The summed E-state index contributed by atoms with van der Waals surface area (Å²) in [4.78, 5) is 4.25. The standard InChI is InChI=1S/C8H10BrN/c1-5-4-6(2)10-8(9)7(5)3/h4H,1-3H3. The fourth-order valence-electron chi connectivity index (χ4n) is 0.855. The summed E-state index contributed by atoms with van der Waals surface area (Å²) in [7, 11) is 0. The minimum Gasteiger partial charge on any atom is -0.246 e.